The summed E-state index contributed by atoms with van der Waals surface area (Å²) in [6, 6.07) is 20.9. The molecule has 9 nitrogen and oxygen atoms in total. The molecule has 3 N–H and O–H groups in total. The summed E-state index contributed by atoms with van der Waals surface area (Å²) in [6.45, 7) is 0.980. The third kappa shape index (κ3) is 3.66. The van der Waals surface area contributed by atoms with Crippen LogP contribution in [0.5, 0.6) is 0 Å². The number of imidazole rings is 1. The molecule has 186 valence electrons. The van der Waals surface area contributed by atoms with Crippen LogP contribution in [0.1, 0.15) is 23.8 Å². The molecule has 4 atom stereocenters. The Morgan fingerprint density at radius 3 is 2.25 bits per heavy atom. The lowest BCUT2D eigenvalue weighted by molar-refractivity contribution is -0.0511. The highest BCUT2D eigenvalue weighted by Gasteiger charge is 2.45. The maximum Gasteiger partial charge on any atom is 0.226 e. The summed E-state index contributed by atoms with van der Waals surface area (Å²) in [6.07, 6.45) is -1.99. The molecular weight excluding hydrogens is 482 g/mol. The van der Waals surface area contributed by atoms with Gasteiger partial charge in [0.05, 0.1) is 12.9 Å². The van der Waals surface area contributed by atoms with Gasteiger partial charge in [-0.25, -0.2) is 4.98 Å². The van der Waals surface area contributed by atoms with Crippen LogP contribution >= 0.6 is 11.6 Å². The van der Waals surface area contributed by atoms with Crippen molar-refractivity contribution in [3.05, 3.63) is 83.4 Å². The Kier molecular flexibility index (Phi) is 5.89. The predicted octanol–water partition coefficient (Wildman–Crippen LogP) is 2.29. The van der Waals surface area contributed by atoms with Gasteiger partial charge in [-0.15, -0.1) is 0 Å². The van der Waals surface area contributed by atoms with E-state index in [1.807, 2.05) is 12.1 Å². The Morgan fingerprint density at radius 1 is 0.972 bits per heavy atom. The van der Waals surface area contributed by atoms with Crippen LogP contribution in [0.4, 0.5) is 5.82 Å². The first-order valence-electron chi connectivity index (χ1n) is 11.9. The van der Waals surface area contributed by atoms with Crippen molar-refractivity contribution in [1.82, 2.24) is 19.5 Å². The Balaban J connectivity index is 1.41. The van der Waals surface area contributed by atoms with Crippen molar-refractivity contribution in [2.24, 2.45) is 0 Å². The van der Waals surface area contributed by atoms with Crippen LogP contribution in [-0.2, 0) is 10.2 Å². The van der Waals surface area contributed by atoms with E-state index in [0.29, 0.717) is 23.5 Å². The second-order valence-electron chi connectivity index (χ2n) is 9.35. The number of fused-ring (bicyclic) bond motifs is 1. The van der Waals surface area contributed by atoms with E-state index in [4.69, 9.17) is 16.3 Å². The first kappa shape index (κ1) is 23.3. The van der Waals surface area contributed by atoms with Gasteiger partial charge in [-0.05, 0) is 29.1 Å². The van der Waals surface area contributed by atoms with Crippen LogP contribution in [0.25, 0.3) is 11.2 Å². The molecule has 0 aliphatic carbocycles. The molecule has 4 heterocycles. The lowest BCUT2D eigenvalue weighted by atomic mass is 9.74. The highest BCUT2D eigenvalue weighted by atomic mass is 35.5. The SMILES string of the molecule is OCC1O[C@@H](n2cnc3c(N4CCC(c5ccccc5)(c5ccccc5)C4)nc(Cl)nc32)C(O)C1O. The van der Waals surface area contributed by atoms with E-state index in [9.17, 15) is 15.3 Å². The Bertz CT molecular complexity index is 1330. The lowest BCUT2D eigenvalue weighted by Gasteiger charge is -2.31. The zero-order valence-electron chi connectivity index (χ0n) is 19.4. The molecule has 0 amide bonds. The van der Waals surface area contributed by atoms with Crippen molar-refractivity contribution < 1.29 is 20.1 Å². The summed E-state index contributed by atoms with van der Waals surface area (Å²) < 4.78 is 7.23. The molecule has 36 heavy (non-hydrogen) atoms. The van der Waals surface area contributed by atoms with Crippen molar-refractivity contribution in [2.75, 3.05) is 24.6 Å². The largest absolute Gasteiger partial charge is 0.394 e. The van der Waals surface area contributed by atoms with Crippen LogP contribution in [0.3, 0.4) is 0 Å². The fraction of sp³-hybridized carbons (Fsp3) is 0.346. The second kappa shape index (κ2) is 9.10. The Hall–Kier alpha value is -3.08. The van der Waals surface area contributed by atoms with Crippen LogP contribution in [0, 0.1) is 0 Å². The summed E-state index contributed by atoms with van der Waals surface area (Å²) in [4.78, 5) is 15.6. The van der Waals surface area contributed by atoms with E-state index in [1.165, 1.54) is 22.0 Å². The van der Waals surface area contributed by atoms with Gasteiger partial charge in [-0.3, -0.25) is 4.57 Å². The summed E-state index contributed by atoms with van der Waals surface area (Å²) in [5.41, 5.74) is 3.13. The molecule has 2 fully saturated rings. The van der Waals surface area contributed by atoms with Crippen molar-refractivity contribution >= 4 is 28.6 Å². The fourth-order valence-corrected chi connectivity index (χ4v) is 5.70. The fourth-order valence-electron chi connectivity index (χ4n) is 5.54. The Labute approximate surface area is 212 Å². The number of aliphatic hydroxyl groups excluding tert-OH is 3. The van der Waals surface area contributed by atoms with Gasteiger partial charge in [0, 0.05) is 18.5 Å². The van der Waals surface area contributed by atoms with Gasteiger partial charge in [0.2, 0.25) is 5.28 Å². The average Bonchev–Trinajstić information content (AvgIpc) is 3.62. The number of rotatable bonds is 5. The van der Waals surface area contributed by atoms with E-state index < -0.39 is 31.1 Å². The monoisotopic (exact) mass is 507 g/mol. The number of hydrogen-bond acceptors (Lipinski definition) is 8. The lowest BCUT2D eigenvalue weighted by Crippen LogP contribution is -2.33. The molecule has 0 radical (unpaired) electrons. The van der Waals surface area contributed by atoms with E-state index in [1.54, 1.807) is 0 Å². The maximum absolute atomic E-state index is 10.5. The van der Waals surface area contributed by atoms with E-state index in [2.05, 4.69) is 68.4 Å². The molecule has 0 saturated carbocycles. The summed E-state index contributed by atoms with van der Waals surface area (Å²) in [7, 11) is 0. The van der Waals surface area contributed by atoms with E-state index in [-0.39, 0.29) is 10.7 Å². The Morgan fingerprint density at radius 2 is 1.64 bits per heavy atom. The number of anilines is 1. The smallest absolute Gasteiger partial charge is 0.226 e. The van der Waals surface area contributed by atoms with Gasteiger partial charge < -0.3 is 25.0 Å². The highest BCUT2D eigenvalue weighted by Crippen LogP contribution is 2.43. The topological polar surface area (TPSA) is 117 Å². The number of aliphatic hydroxyl groups is 3. The molecule has 0 spiro atoms. The minimum absolute atomic E-state index is 0.0444. The van der Waals surface area contributed by atoms with Crippen molar-refractivity contribution in [3.8, 4) is 0 Å². The normalized spacial score (nSPS) is 25.6. The first-order chi connectivity index (χ1) is 17.5. The van der Waals surface area contributed by atoms with Gasteiger partial charge in [-0.2, -0.15) is 9.97 Å². The van der Waals surface area contributed by atoms with Crippen LogP contribution in [0.2, 0.25) is 5.28 Å². The number of halogens is 1. The zero-order chi connectivity index (χ0) is 24.9. The number of nitrogens with zero attached hydrogens (tertiary/aromatic N) is 5. The molecule has 2 aromatic heterocycles. The van der Waals surface area contributed by atoms with Gasteiger partial charge in [0.15, 0.2) is 23.2 Å². The minimum atomic E-state index is -1.26. The summed E-state index contributed by atoms with van der Waals surface area (Å²) in [5, 5.41) is 30.3. The molecule has 3 unspecified atom stereocenters. The quantitative estimate of drug-likeness (QED) is 0.352. The molecule has 2 aliphatic heterocycles. The zero-order valence-corrected chi connectivity index (χ0v) is 20.1. The van der Waals surface area contributed by atoms with Gasteiger partial charge in [-0.1, -0.05) is 60.7 Å². The number of benzene rings is 2. The molecule has 0 bridgehead atoms. The van der Waals surface area contributed by atoms with E-state index in [0.717, 1.165) is 13.0 Å². The molecular formula is C26H26ClN5O4. The molecule has 2 aromatic carbocycles. The number of ether oxygens (including phenoxy) is 1. The van der Waals surface area contributed by atoms with Gasteiger partial charge in [0.1, 0.15) is 18.3 Å². The highest BCUT2D eigenvalue weighted by molar-refractivity contribution is 6.28. The molecule has 4 aromatic rings. The minimum Gasteiger partial charge on any atom is -0.394 e. The number of aromatic nitrogens is 4. The first-order valence-corrected chi connectivity index (χ1v) is 12.3. The summed E-state index contributed by atoms with van der Waals surface area (Å²) in [5.74, 6) is 0.601. The van der Waals surface area contributed by atoms with E-state index >= 15 is 0 Å². The third-order valence-electron chi connectivity index (χ3n) is 7.39. The third-order valence-corrected chi connectivity index (χ3v) is 7.56. The summed E-state index contributed by atoms with van der Waals surface area (Å²) >= 11 is 6.38. The maximum atomic E-state index is 10.5. The van der Waals surface area contributed by atoms with Gasteiger partial charge >= 0.3 is 0 Å². The molecule has 10 heteroatoms. The van der Waals surface area contributed by atoms with Crippen molar-refractivity contribution in [3.63, 3.8) is 0 Å². The van der Waals surface area contributed by atoms with Crippen molar-refractivity contribution in [1.29, 1.82) is 0 Å². The van der Waals surface area contributed by atoms with Crippen LogP contribution in [0.15, 0.2) is 67.0 Å². The second-order valence-corrected chi connectivity index (χ2v) is 9.69. The van der Waals surface area contributed by atoms with Crippen LogP contribution in [-0.4, -0.2) is 72.8 Å². The van der Waals surface area contributed by atoms with Gasteiger partial charge in [0.25, 0.3) is 0 Å². The average molecular weight is 508 g/mol. The molecule has 6 rings (SSSR count). The van der Waals surface area contributed by atoms with Crippen LogP contribution < -0.4 is 4.90 Å². The molecule has 2 aliphatic rings. The standard InChI is InChI=1S/C26H26ClN5O4/c27-25-29-22(19-23(30-25)32(15-28-19)24-21(35)20(34)18(13-33)36-24)31-12-11-26(14-31,16-7-3-1-4-8-16)17-9-5-2-6-10-17/h1-10,15,18,20-21,24,33-35H,11-14H2/t18?,20?,21?,24-/m1/s1. The molecule has 2 saturated heterocycles. The predicted molar refractivity (Wildman–Crippen MR) is 134 cm³/mol. The number of hydrogen-bond donors (Lipinski definition) is 3. The van der Waals surface area contributed by atoms with Crippen molar-refractivity contribution in [2.45, 2.75) is 36.4 Å².